The summed E-state index contributed by atoms with van der Waals surface area (Å²) < 4.78 is 7.21. The van der Waals surface area contributed by atoms with Gasteiger partial charge in [0.1, 0.15) is 5.75 Å². The van der Waals surface area contributed by atoms with Crippen molar-refractivity contribution in [1.29, 1.82) is 5.26 Å². The van der Waals surface area contributed by atoms with E-state index in [0.29, 0.717) is 11.3 Å². The van der Waals surface area contributed by atoms with Crippen LogP contribution in [0, 0.1) is 16.7 Å². The van der Waals surface area contributed by atoms with Gasteiger partial charge in [0.2, 0.25) is 0 Å². The average molecular weight is 465 g/mol. The third-order valence-electron chi connectivity index (χ3n) is 7.63. The highest BCUT2D eigenvalue weighted by Gasteiger charge is 2.50. The topological polar surface area (TPSA) is 84.0 Å². The Morgan fingerprint density at radius 2 is 1.83 bits per heavy atom. The summed E-state index contributed by atoms with van der Waals surface area (Å²) in [7, 11) is 0. The van der Waals surface area contributed by atoms with Gasteiger partial charge >= 0.3 is 0 Å². The van der Waals surface area contributed by atoms with Crippen LogP contribution in [0.2, 0.25) is 0 Å². The number of benzene rings is 2. The number of hydrogen-bond acceptors (Lipinski definition) is 5. The molecule has 176 valence electrons. The molecule has 1 saturated heterocycles. The normalized spacial score (nSPS) is 18.0. The molecule has 3 aliphatic rings. The van der Waals surface area contributed by atoms with Crippen LogP contribution in [0.5, 0.6) is 5.75 Å². The van der Waals surface area contributed by atoms with Crippen LogP contribution in [-0.4, -0.2) is 33.1 Å². The van der Waals surface area contributed by atoms with E-state index in [1.807, 2.05) is 41.3 Å². The van der Waals surface area contributed by atoms with Gasteiger partial charge in [-0.2, -0.15) is 10.4 Å². The van der Waals surface area contributed by atoms with Gasteiger partial charge in [-0.25, -0.2) is 4.68 Å². The standard InChI is InChI=1S/C18H17N3O2.C11H11N/c22-15-2-1-12-9-20-21(17(12)6-15)14-3-4-19-16(5-14)13-7-18(8-13)10-23-11-18;12-8-9-5-6-10-3-1-2-4-11(10)7-9/h1-6,9,13,22H,7-8,10-11H2;5-7H,1-4H2. The first-order chi connectivity index (χ1) is 17.1. The molecular formula is C29H28N4O2. The summed E-state index contributed by atoms with van der Waals surface area (Å²) in [6.07, 6.45) is 10.9. The summed E-state index contributed by atoms with van der Waals surface area (Å²) in [5.74, 6) is 0.772. The minimum absolute atomic E-state index is 0.249. The Balaban J connectivity index is 0.000000161. The Morgan fingerprint density at radius 3 is 2.60 bits per heavy atom. The van der Waals surface area contributed by atoms with Crippen LogP contribution in [-0.2, 0) is 17.6 Å². The van der Waals surface area contributed by atoms with E-state index in [9.17, 15) is 5.11 Å². The summed E-state index contributed by atoms with van der Waals surface area (Å²) in [6.45, 7) is 1.82. The van der Waals surface area contributed by atoms with Crippen molar-refractivity contribution in [2.24, 2.45) is 5.41 Å². The molecule has 0 amide bonds. The summed E-state index contributed by atoms with van der Waals surface area (Å²) in [5, 5.41) is 23.9. The molecule has 1 N–H and O–H groups in total. The van der Waals surface area contributed by atoms with E-state index in [4.69, 9.17) is 10.00 Å². The molecule has 1 saturated carbocycles. The van der Waals surface area contributed by atoms with Gasteiger partial charge in [0.25, 0.3) is 0 Å². The fourth-order valence-corrected chi connectivity index (χ4v) is 5.63. The van der Waals surface area contributed by atoms with Crippen LogP contribution in [0.4, 0.5) is 0 Å². The second-order valence-corrected chi connectivity index (χ2v) is 10.1. The van der Waals surface area contributed by atoms with E-state index in [2.05, 4.69) is 28.3 Å². The molecule has 1 spiro atoms. The number of fused-ring (bicyclic) bond motifs is 2. The van der Waals surface area contributed by atoms with Crippen molar-refractivity contribution in [2.45, 2.75) is 44.4 Å². The van der Waals surface area contributed by atoms with Crippen LogP contribution in [0.3, 0.4) is 0 Å². The van der Waals surface area contributed by atoms with E-state index in [1.165, 1.54) is 43.2 Å². The van der Waals surface area contributed by atoms with Gasteiger partial charge in [-0.3, -0.25) is 4.98 Å². The van der Waals surface area contributed by atoms with Gasteiger partial charge in [-0.15, -0.1) is 0 Å². The van der Waals surface area contributed by atoms with Gasteiger partial charge in [0.05, 0.1) is 42.2 Å². The molecule has 4 aromatic rings. The van der Waals surface area contributed by atoms with Gasteiger partial charge in [0, 0.05) is 34.7 Å². The lowest BCUT2D eigenvalue weighted by Crippen LogP contribution is -2.51. The molecule has 3 heterocycles. The number of hydrogen-bond donors (Lipinski definition) is 1. The van der Waals surface area contributed by atoms with E-state index >= 15 is 0 Å². The van der Waals surface area contributed by atoms with Crippen molar-refractivity contribution >= 4 is 10.9 Å². The minimum Gasteiger partial charge on any atom is -0.508 e. The van der Waals surface area contributed by atoms with Crippen molar-refractivity contribution < 1.29 is 9.84 Å². The second kappa shape index (κ2) is 8.83. The highest BCUT2D eigenvalue weighted by Crippen LogP contribution is 2.54. The SMILES string of the molecule is N#Cc1ccc2c(c1)CCCC2.Oc1ccc2cnn(-c3ccnc(C4CC5(COC5)C4)c3)c2c1. The molecule has 35 heavy (non-hydrogen) atoms. The number of aromatic nitrogens is 3. The lowest BCUT2D eigenvalue weighted by molar-refractivity contribution is -0.164. The zero-order chi connectivity index (χ0) is 23.8. The van der Waals surface area contributed by atoms with Gasteiger partial charge < -0.3 is 9.84 Å². The molecule has 2 aromatic carbocycles. The molecular weight excluding hydrogens is 436 g/mol. The van der Waals surface area contributed by atoms with Crippen LogP contribution >= 0.6 is 0 Å². The Kier molecular flexibility index (Phi) is 5.50. The second-order valence-electron chi connectivity index (χ2n) is 10.1. The van der Waals surface area contributed by atoms with Crippen molar-refractivity contribution in [1.82, 2.24) is 14.8 Å². The smallest absolute Gasteiger partial charge is 0.117 e. The van der Waals surface area contributed by atoms with E-state index in [-0.39, 0.29) is 5.75 Å². The fourth-order valence-electron chi connectivity index (χ4n) is 5.63. The summed E-state index contributed by atoms with van der Waals surface area (Å²) in [6, 6.07) is 17.6. The van der Waals surface area contributed by atoms with Crippen molar-refractivity contribution in [2.75, 3.05) is 13.2 Å². The maximum absolute atomic E-state index is 9.74. The molecule has 6 nitrogen and oxygen atoms in total. The lowest BCUT2D eigenvalue weighted by atomic mass is 9.60. The maximum Gasteiger partial charge on any atom is 0.117 e. The molecule has 0 unspecified atom stereocenters. The highest BCUT2D eigenvalue weighted by atomic mass is 16.5. The first kappa shape index (κ1) is 21.8. The van der Waals surface area contributed by atoms with Crippen molar-refractivity contribution in [3.63, 3.8) is 0 Å². The molecule has 7 rings (SSSR count). The lowest BCUT2D eigenvalue weighted by Gasteiger charge is -2.53. The Morgan fingerprint density at radius 1 is 1.00 bits per heavy atom. The molecule has 0 atom stereocenters. The molecule has 2 fully saturated rings. The molecule has 2 aromatic heterocycles. The number of aryl methyl sites for hydroxylation is 2. The quantitative estimate of drug-likeness (QED) is 0.426. The molecule has 6 heteroatoms. The van der Waals surface area contributed by atoms with Gasteiger partial charge in [-0.05, 0) is 86.1 Å². The van der Waals surface area contributed by atoms with E-state index < -0.39 is 0 Å². The van der Waals surface area contributed by atoms with E-state index in [0.717, 1.165) is 47.5 Å². The third-order valence-corrected chi connectivity index (χ3v) is 7.63. The summed E-state index contributed by atoms with van der Waals surface area (Å²) >= 11 is 0. The van der Waals surface area contributed by atoms with Crippen molar-refractivity contribution in [3.8, 4) is 17.5 Å². The summed E-state index contributed by atoms with van der Waals surface area (Å²) in [4.78, 5) is 4.56. The highest BCUT2D eigenvalue weighted by molar-refractivity contribution is 5.81. The Bertz CT molecular complexity index is 1420. The van der Waals surface area contributed by atoms with E-state index in [1.54, 1.807) is 12.1 Å². The largest absolute Gasteiger partial charge is 0.508 e. The number of nitrogens with zero attached hydrogens (tertiary/aromatic N) is 4. The van der Waals surface area contributed by atoms with Crippen LogP contribution in [0.25, 0.3) is 16.6 Å². The fraction of sp³-hybridized carbons (Fsp3) is 0.345. The molecule has 0 radical (unpaired) electrons. The molecule has 1 aliphatic heterocycles. The summed E-state index contributed by atoms with van der Waals surface area (Å²) in [5.41, 5.74) is 7.09. The number of phenols is 1. The predicted molar refractivity (Wildman–Crippen MR) is 134 cm³/mol. The van der Waals surface area contributed by atoms with Gasteiger partial charge in [-0.1, -0.05) is 6.07 Å². The first-order valence-corrected chi connectivity index (χ1v) is 12.4. The zero-order valence-corrected chi connectivity index (χ0v) is 19.7. The first-order valence-electron chi connectivity index (χ1n) is 12.4. The number of ether oxygens (including phenoxy) is 1. The molecule has 0 bridgehead atoms. The Labute approximate surface area is 204 Å². The minimum atomic E-state index is 0.249. The van der Waals surface area contributed by atoms with Crippen molar-refractivity contribution in [3.05, 3.63) is 83.3 Å². The maximum atomic E-state index is 9.74. The van der Waals surface area contributed by atoms with Crippen LogP contribution < -0.4 is 0 Å². The number of phenolic OH excluding ortho intramolecular Hbond substituents is 1. The third kappa shape index (κ3) is 4.17. The van der Waals surface area contributed by atoms with Gasteiger partial charge in [0.15, 0.2) is 0 Å². The number of pyridine rings is 1. The zero-order valence-electron chi connectivity index (χ0n) is 19.7. The predicted octanol–water partition coefficient (Wildman–Crippen LogP) is 5.46. The average Bonchev–Trinajstić information content (AvgIpc) is 3.26. The number of aromatic hydroxyl groups is 1. The monoisotopic (exact) mass is 464 g/mol. The number of rotatable bonds is 2. The number of nitriles is 1. The van der Waals surface area contributed by atoms with Crippen LogP contribution in [0.15, 0.2) is 60.9 Å². The Hall–Kier alpha value is -3.69. The molecule has 2 aliphatic carbocycles. The van der Waals surface area contributed by atoms with Crippen LogP contribution in [0.1, 0.15) is 54.0 Å².